The van der Waals surface area contributed by atoms with Crippen LogP contribution in [0.15, 0.2) is 72.8 Å². The van der Waals surface area contributed by atoms with Gasteiger partial charge in [-0.15, -0.1) is 0 Å². The number of ketones is 1. The van der Waals surface area contributed by atoms with E-state index in [0.717, 1.165) is 16.5 Å². The number of anilines is 3. The number of nitrogens with zero attached hydrogens (tertiary/aromatic N) is 2. The average molecular weight is 662 g/mol. The van der Waals surface area contributed by atoms with E-state index < -0.39 is 48.1 Å². The van der Waals surface area contributed by atoms with Crippen molar-refractivity contribution in [3.8, 4) is 0 Å². The molecule has 11 nitrogen and oxygen atoms in total. The van der Waals surface area contributed by atoms with E-state index in [1.165, 1.54) is 23.1 Å². The van der Waals surface area contributed by atoms with Gasteiger partial charge < -0.3 is 30.9 Å². The zero-order valence-corrected chi connectivity index (χ0v) is 28.0. The Kier molecular flexibility index (Phi) is 13.2. The average Bonchev–Trinajstić information content (AvgIpc) is 3.02. The zero-order chi connectivity index (χ0) is 35.4. The van der Waals surface area contributed by atoms with Crippen molar-refractivity contribution in [2.45, 2.75) is 53.0 Å². The second-order valence-electron chi connectivity index (χ2n) is 12.5. The summed E-state index contributed by atoms with van der Waals surface area (Å²) in [5.41, 5.74) is 1.64. The number of rotatable bonds is 16. The molecule has 0 radical (unpaired) electrons. The summed E-state index contributed by atoms with van der Waals surface area (Å²) in [4.78, 5) is 66.6. The molecule has 0 aliphatic rings. The van der Waals surface area contributed by atoms with Crippen molar-refractivity contribution < 1.29 is 33.5 Å². The van der Waals surface area contributed by atoms with Crippen molar-refractivity contribution >= 4 is 46.7 Å². The minimum absolute atomic E-state index is 0.0172. The Labute approximate surface area is 280 Å². The molecule has 0 fully saturated rings. The number of halogens is 1. The summed E-state index contributed by atoms with van der Waals surface area (Å²) in [6.07, 6.45) is 0.174. The normalized spacial score (nSPS) is 11.1. The van der Waals surface area contributed by atoms with Crippen LogP contribution in [0.4, 0.5) is 26.2 Å². The highest BCUT2D eigenvalue weighted by atomic mass is 19.1. The number of aryl methyl sites for hydroxylation is 1. The van der Waals surface area contributed by atoms with Gasteiger partial charge in [-0.2, -0.15) is 0 Å². The van der Waals surface area contributed by atoms with Gasteiger partial charge in [0.2, 0.25) is 5.91 Å². The third-order valence-corrected chi connectivity index (χ3v) is 7.63. The van der Waals surface area contributed by atoms with E-state index in [-0.39, 0.29) is 36.9 Å². The third-order valence-electron chi connectivity index (χ3n) is 7.63. The van der Waals surface area contributed by atoms with Crippen LogP contribution in [0.1, 0.15) is 56.5 Å². The van der Waals surface area contributed by atoms with Crippen LogP contribution in [-0.2, 0) is 14.4 Å². The zero-order valence-electron chi connectivity index (χ0n) is 28.0. The molecule has 4 amide bonds. The summed E-state index contributed by atoms with van der Waals surface area (Å²) in [6, 6.07) is 18.8. The molecule has 0 aliphatic heterocycles. The highest BCUT2D eigenvalue weighted by molar-refractivity contribution is 6.00. The standard InChI is InChI=1S/C36H44FN5O6/c1-24(2)17-19-41(32(44)23-42(20-18-33(45)46)34(47)26-10-8-11-27(37)21-26)22-31(43)36(4,5)40-29-15-13-28(14-16-29)38-35(48)39-30-12-7-6-9-25(30)3/h6-16,21,24,40H,17-20,22-23H2,1-5H3,(H,45,46)(H2,38,39,48). The van der Waals surface area contributed by atoms with E-state index in [0.29, 0.717) is 23.5 Å². The van der Waals surface area contributed by atoms with E-state index in [9.17, 15) is 33.5 Å². The molecule has 4 N–H and O–H groups in total. The molecule has 256 valence electrons. The van der Waals surface area contributed by atoms with Crippen LogP contribution in [0.2, 0.25) is 0 Å². The fourth-order valence-corrected chi connectivity index (χ4v) is 4.69. The van der Waals surface area contributed by atoms with Gasteiger partial charge in [0.1, 0.15) is 12.4 Å². The lowest BCUT2D eigenvalue weighted by Crippen LogP contribution is -2.50. The van der Waals surface area contributed by atoms with Crippen LogP contribution >= 0.6 is 0 Å². The number of carbonyl (C=O) groups excluding carboxylic acids is 4. The summed E-state index contributed by atoms with van der Waals surface area (Å²) >= 11 is 0. The highest BCUT2D eigenvalue weighted by Gasteiger charge is 2.31. The number of hydrogen-bond donors (Lipinski definition) is 4. The van der Waals surface area contributed by atoms with Gasteiger partial charge in [-0.05, 0) is 87.2 Å². The largest absolute Gasteiger partial charge is 0.481 e. The first kappa shape index (κ1) is 37.2. The lowest BCUT2D eigenvalue weighted by Gasteiger charge is -2.32. The molecule has 0 saturated heterocycles. The van der Waals surface area contributed by atoms with Crippen molar-refractivity contribution in [1.82, 2.24) is 9.80 Å². The van der Waals surface area contributed by atoms with Gasteiger partial charge in [0.15, 0.2) is 5.78 Å². The van der Waals surface area contributed by atoms with Gasteiger partial charge in [-0.3, -0.25) is 19.2 Å². The van der Waals surface area contributed by atoms with Gasteiger partial charge in [-0.1, -0.05) is 38.1 Å². The molecular formula is C36H44FN5O6. The van der Waals surface area contributed by atoms with Crippen molar-refractivity contribution in [1.29, 1.82) is 0 Å². The number of carboxylic acid groups (broad SMARTS) is 1. The minimum Gasteiger partial charge on any atom is -0.481 e. The maximum Gasteiger partial charge on any atom is 0.323 e. The Bertz CT molecular complexity index is 1610. The van der Waals surface area contributed by atoms with Crippen LogP contribution < -0.4 is 16.0 Å². The van der Waals surface area contributed by atoms with E-state index in [4.69, 9.17) is 0 Å². The Balaban J connectivity index is 1.68. The predicted molar refractivity (Wildman–Crippen MR) is 184 cm³/mol. The number of nitrogens with one attached hydrogen (secondary N) is 3. The van der Waals surface area contributed by atoms with Crippen molar-refractivity contribution in [3.63, 3.8) is 0 Å². The Morgan fingerprint density at radius 2 is 1.50 bits per heavy atom. The molecular weight excluding hydrogens is 617 g/mol. The van der Waals surface area contributed by atoms with Gasteiger partial charge in [0.25, 0.3) is 5.91 Å². The number of Topliss-reactive ketones (excluding diaryl/α,β-unsaturated/α-hetero) is 1. The maximum atomic E-state index is 13.8. The second-order valence-corrected chi connectivity index (χ2v) is 12.5. The van der Waals surface area contributed by atoms with Gasteiger partial charge in [0, 0.05) is 35.7 Å². The number of amides is 4. The topological polar surface area (TPSA) is 148 Å². The predicted octanol–water partition coefficient (Wildman–Crippen LogP) is 6.03. The first-order chi connectivity index (χ1) is 22.6. The van der Waals surface area contributed by atoms with Crippen LogP contribution in [0.5, 0.6) is 0 Å². The lowest BCUT2D eigenvalue weighted by atomic mass is 9.97. The van der Waals surface area contributed by atoms with Gasteiger partial charge >= 0.3 is 12.0 Å². The monoisotopic (exact) mass is 661 g/mol. The molecule has 3 rings (SSSR count). The second kappa shape index (κ2) is 17.1. The highest BCUT2D eigenvalue weighted by Crippen LogP contribution is 2.21. The SMILES string of the molecule is Cc1ccccc1NC(=O)Nc1ccc(NC(C)(C)C(=O)CN(CCC(C)C)C(=O)CN(CCC(=O)O)C(=O)c2cccc(F)c2)cc1. The molecule has 0 aliphatic carbocycles. The van der Waals surface area contributed by atoms with E-state index in [1.807, 2.05) is 39.0 Å². The van der Waals surface area contributed by atoms with Gasteiger partial charge in [-0.25, -0.2) is 9.18 Å². The molecule has 0 bridgehead atoms. The molecule has 0 saturated carbocycles. The Morgan fingerprint density at radius 3 is 2.12 bits per heavy atom. The molecule has 48 heavy (non-hydrogen) atoms. The smallest absolute Gasteiger partial charge is 0.323 e. The number of benzene rings is 3. The number of carboxylic acids is 1. The van der Waals surface area contributed by atoms with Crippen LogP contribution in [-0.4, -0.2) is 76.2 Å². The van der Waals surface area contributed by atoms with Crippen LogP contribution in [0, 0.1) is 18.7 Å². The number of aliphatic carboxylic acids is 1. The molecule has 3 aromatic rings. The number of para-hydroxylation sites is 1. The molecule has 12 heteroatoms. The van der Waals surface area contributed by atoms with Crippen molar-refractivity contribution in [2.24, 2.45) is 5.92 Å². The molecule has 3 aromatic carbocycles. The van der Waals surface area contributed by atoms with Crippen LogP contribution in [0.25, 0.3) is 0 Å². The number of carbonyl (C=O) groups is 5. The maximum absolute atomic E-state index is 13.8. The summed E-state index contributed by atoms with van der Waals surface area (Å²) in [5, 5.41) is 18.0. The summed E-state index contributed by atoms with van der Waals surface area (Å²) in [5.74, 6) is -3.11. The molecule has 0 aromatic heterocycles. The number of hydrogen-bond acceptors (Lipinski definition) is 6. The summed E-state index contributed by atoms with van der Waals surface area (Å²) in [7, 11) is 0. The third kappa shape index (κ3) is 11.5. The fourth-order valence-electron chi connectivity index (χ4n) is 4.69. The van der Waals surface area contributed by atoms with E-state index in [1.54, 1.807) is 44.2 Å². The fraction of sp³-hybridized carbons (Fsp3) is 0.361. The van der Waals surface area contributed by atoms with Crippen LogP contribution in [0.3, 0.4) is 0 Å². The summed E-state index contributed by atoms with van der Waals surface area (Å²) in [6.45, 7) is 8.47. The van der Waals surface area contributed by atoms with Crippen molar-refractivity contribution in [3.05, 3.63) is 89.7 Å². The quantitative estimate of drug-likeness (QED) is 0.147. The summed E-state index contributed by atoms with van der Waals surface area (Å²) < 4.78 is 13.8. The first-order valence-electron chi connectivity index (χ1n) is 15.7. The lowest BCUT2D eigenvalue weighted by molar-refractivity contribution is -0.139. The Morgan fingerprint density at radius 1 is 0.833 bits per heavy atom. The molecule has 0 unspecified atom stereocenters. The molecule has 0 atom stereocenters. The molecule has 0 heterocycles. The van der Waals surface area contributed by atoms with E-state index in [2.05, 4.69) is 16.0 Å². The van der Waals surface area contributed by atoms with E-state index >= 15 is 0 Å². The first-order valence-corrected chi connectivity index (χ1v) is 15.7. The van der Waals surface area contributed by atoms with Gasteiger partial charge in [0.05, 0.1) is 18.5 Å². The van der Waals surface area contributed by atoms with Crippen molar-refractivity contribution in [2.75, 3.05) is 42.1 Å². The number of urea groups is 1. The Hall–Kier alpha value is -5.26. The molecule has 0 spiro atoms. The minimum atomic E-state index is -1.16.